The minimum Gasteiger partial charge on any atom is -0.342 e. The van der Waals surface area contributed by atoms with Gasteiger partial charge in [0.05, 0.1) is 0 Å². The normalized spacial score (nSPS) is 35.4. The average Bonchev–Trinajstić information content (AvgIpc) is 3.30. The van der Waals surface area contributed by atoms with Crippen LogP contribution in [0.5, 0.6) is 0 Å². The number of carbonyl (C=O) groups is 2. The van der Waals surface area contributed by atoms with Gasteiger partial charge in [-0.2, -0.15) is 0 Å². The van der Waals surface area contributed by atoms with Crippen molar-refractivity contribution in [3.05, 3.63) is 0 Å². The summed E-state index contributed by atoms with van der Waals surface area (Å²) in [5, 5.41) is 0. The summed E-state index contributed by atoms with van der Waals surface area (Å²) in [4.78, 5) is 29.3. The van der Waals surface area contributed by atoms with Crippen LogP contribution in [0.2, 0.25) is 0 Å². The maximum atomic E-state index is 12.8. The van der Waals surface area contributed by atoms with E-state index in [0.717, 1.165) is 64.2 Å². The molecule has 2 aliphatic carbocycles. The summed E-state index contributed by atoms with van der Waals surface area (Å²) in [6.45, 7) is 3.50. The first-order valence-electron chi connectivity index (χ1n) is 9.30. The second-order valence-corrected chi connectivity index (χ2v) is 7.91. The van der Waals surface area contributed by atoms with E-state index in [1.807, 2.05) is 4.90 Å². The molecule has 2 saturated carbocycles. The molecule has 0 spiro atoms. The molecule has 3 unspecified atom stereocenters. The number of amides is 2. The van der Waals surface area contributed by atoms with Crippen molar-refractivity contribution in [1.29, 1.82) is 0 Å². The van der Waals surface area contributed by atoms with E-state index in [2.05, 4.69) is 4.90 Å². The highest BCUT2D eigenvalue weighted by molar-refractivity contribution is 5.81. The molecule has 0 radical (unpaired) electrons. The molecule has 0 aromatic rings. The summed E-state index contributed by atoms with van der Waals surface area (Å²) in [6, 6.07) is 0. The second kappa shape index (κ2) is 5.86. The molecule has 2 amide bonds. The van der Waals surface area contributed by atoms with Crippen molar-refractivity contribution in [2.24, 2.45) is 23.7 Å². The summed E-state index contributed by atoms with van der Waals surface area (Å²) < 4.78 is 0. The summed E-state index contributed by atoms with van der Waals surface area (Å²) in [5.41, 5.74) is 0. The zero-order chi connectivity index (χ0) is 15.1. The number of nitrogens with zero attached hydrogens (tertiary/aromatic N) is 2. The highest BCUT2D eigenvalue weighted by Crippen LogP contribution is 2.49. The van der Waals surface area contributed by atoms with Crippen molar-refractivity contribution in [1.82, 2.24) is 9.80 Å². The molecule has 4 nitrogen and oxygen atoms in total. The third-order valence-corrected chi connectivity index (χ3v) is 6.63. The molecule has 122 valence electrons. The van der Waals surface area contributed by atoms with Gasteiger partial charge in [-0.1, -0.05) is 6.42 Å². The number of piperidine rings is 1. The molecule has 4 rings (SSSR count). The molecule has 22 heavy (non-hydrogen) atoms. The lowest BCUT2D eigenvalue weighted by molar-refractivity contribution is -0.143. The van der Waals surface area contributed by atoms with Crippen molar-refractivity contribution in [2.45, 2.75) is 51.4 Å². The number of hydrogen-bond donors (Lipinski definition) is 0. The quantitative estimate of drug-likeness (QED) is 0.785. The van der Waals surface area contributed by atoms with Crippen LogP contribution in [0.25, 0.3) is 0 Å². The third kappa shape index (κ3) is 2.55. The Hall–Kier alpha value is -1.06. The lowest BCUT2D eigenvalue weighted by Gasteiger charge is -2.36. The Bertz CT molecular complexity index is 450. The standard InChI is InChI=1S/C18H28N2O2/c21-17(19-7-1-2-8-19)14-5-9-20(10-6-14)18(22)16-12-13-3-4-15(16)11-13/h13-16H,1-12H2. The average molecular weight is 304 g/mol. The van der Waals surface area contributed by atoms with E-state index in [1.165, 1.54) is 19.3 Å². The van der Waals surface area contributed by atoms with E-state index in [1.54, 1.807) is 0 Å². The molecule has 0 N–H and O–H groups in total. The minimum absolute atomic E-state index is 0.169. The summed E-state index contributed by atoms with van der Waals surface area (Å²) in [7, 11) is 0. The van der Waals surface area contributed by atoms with Crippen molar-refractivity contribution in [3.63, 3.8) is 0 Å². The largest absolute Gasteiger partial charge is 0.342 e. The van der Waals surface area contributed by atoms with Gasteiger partial charge in [0.15, 0.2) is 0 Å². The van der Waals surface area contributed by atoms with Gasteiger partial charge < -0.3 is 9.80 Å². The Balaban J connectivity index is 1.30. The van der Waals surface area contributed by atoms with Gasteiger partial charge in [-0.15, -0.1) is 0 Å². The van der Waals surface area contributed by atoms with Crippen LogP contribution in [-0.4, -0.2) is 47.8 Å². The van der Waals surface area contributed by atoms with E-state index < -0.39 is 0 Å². The fraction of sp³-hybridized carbons (Fsp3) is 0.889. The van der Waals surface area contributed by atoms with Crippen LogP contribution < -0.4 is 0 Å². The van der Waals surface area contributed by atoms with Gasteiger partial charge >= 0.3 is 0 Å². The zero-order valence-corrected chi connectivity index (χ0v) is 13.5. The van der Waals surface area contributed by atoms with E-state index in [-0.39, 0.29) is 5.92 Å². The molecule has 2 saturated heterocycles. The predicted molar refractivity (Wildman–Crippen MR) is 84.1 cm³/mol. The first kappa shape index (κ1) is 14.5. The first-order chi connectivity index (χ1) is 10.7. The smallest absolute Gasteiger partial charge is 0.225 e. The molecule has 4 aliphatic rings. The van der Waals surface area contributed by atoms with Crippen LogP contribution in [0.15, 0.2) is 0 Å². The molecular formula is C18H28N2O2. The molecule has 2 heterocycles. The van der Waals surface area contributed by atoms with Crippen molar-refractivity contribution < 1.29 is 9.59 Å². The van der Waals surface area contributed by atoms with Crippen molar-refractivity contribution in [2.75, 3.05) is 26.2 Å². The van der Waals surface area contributed by atoms with Crippen LogP contribution in [0.4, 0.5) is 0 Å². The highest BCUT2D eigenvalue weighted by atomic mass is 16.2. The number of rotatable bonds is 2. The van der Waals surface area contributed by atoms with Crippen LogP contribution >= 0.6 is 0 Å². The van der Waals surface area contributed by atoms with Gasteiger partial charge in [0, 0.05) is 38.0 Å². The van der Waals surface area contributed by atoms with E-state index in [0.29, 0.717) is 23.7 Å². The minimum atomic E-state index is 0.169. The predicted octanol–water partition coefficient (Wildman–Crippen LogP) is 2.28. The Labute approximate surface area is 133 Å². The number of carbonyl (C=O) groups excluding carboxylic acids is 2. The number of hydrogen-bond acceptors (Lipinski definition) is 2. The van der Waals surface area contributed by atoms with Gasteiger partial charge in [-0.3, -0.25) is 9.59 Å². The molecule has 4 heteroatoms. The maximum Gasteiger partial charge on any atom is 0.225 e. The van der Waals surface area contributed by atoms with Gasteiger partial charge in [0.1, 0.15) is 0 Å². The fourth-order valence-electron chi connectivity index (χ4n) is 5.32. The zero-order valence-electron chi connectivity index (χ0n) is 13.5. The Kier molecular flexibility index (Phi) is 3.87. The third-order valence-electron chi connectivity index (χ3n) is 6.63. The van der Waals surface area contributed by atoms with Crippen LogP contribution in [0.1, 0.15) is 51.4 Å². The summed E-state index contributed by atoms with van der Waals surface area (Å²) >= 11 is 0. The fourth-order valence-corrected chi connectivity index (χ4v) is 5.32. The van der Waals surface area contributed by atoms with Crippen LogP contribution in [0.3, 0.4) is 0 Å². The molecule has 3 atom stereocenters. The highest BCUT2D eigenvalue weighted by Gasteiger charge is 2.45. The Morgan fingerprint density at radius 3 is 2.00 bits per heavy atom. The SMILES string of the molecule is O=C(C1CCN(C(=O)C2CC3CCC2C3)CC1)N1CCCC1. The van der Waals surface area contributed by atoms with Gasteiger partial charge in [-0.05, 0) is 56.8 Å². The molecular weight excluding hydrogens is 276 g/mol. The van der Waals surface area contributed by atoms with E-state index in [4.69, 9.17) is 0 Å². The molecule has 4 fully saturated rings. The number of likely N-dealkylation sites (tertiary alicyclic amines) is 2. The summed E-state index contributed by atoms with van der Waals surface area (Å²) in [5.74, 6) is 2.73. The van der Waals surface area contributed by atoms with Crippen LogP contribution in [0, 0.1) is 23.7 Å². The lowest BCUT2D eigenvalue weighted by atomic mass is 9.86. The van der Waals surface area contributed by atoms with Gasteiger partial charge in [0.25, 0.3) is 0 Å². The lowest BCUT2D eigenvalue weighted by Crippen LogP contribution is -2.46. The molecule has 2 bridgehead atoms. The first-order valence-corrected chi connectivity index (χ1v) is 9.30. The maximum absolute atomic E-state index is 12.8. The monoisotopic (exact) mass is 304 g/mol. The molecule has 2 aliphatic heterocycles. The van der Waals surface area contributed by atoms with Gasteiger partial charge in [-0.25, -0.2) is 0 Å². The summed E-state index contributed by atoms with van der Waals surface area (Å²) in [6.07, 6.45) is 9.12. The van der Waals surface area contributed by atoms with Crippen molar-refractivity contribution >= 4 is 11.8 Å². The van der Waals surface area contributed by atoms with E-state index >= 15 is 0 Å². The molecule has 0 aromatic heterocycles. The van der Waals surface area contributed by atoms with E-state index in [9.17, 15) is 9.59 Å². The van der Waals surface area contributed by atoms with Crippen molar-refractivity contribution in [3.8, 4) is 0 Å². The Morgan fingerprint density at radius 2 is 1.41 bits per heavy atom. The second-order valence-electron chi connectivity index (χ2n) is 7.91. The number of fused-ring (bicyclic) bond motifs is 2. The topological polar surface area (TPSA) is 40.6 Å². The molecule has 0 aromatic carbocycles. The van der Waals surface area contributed by atoms with Gasteiger partial charge in [0.2, 0.25) is 11.8 Å². The Morgan fingerprint density at radius 1 is 0.727 bits per heavy atom. The van der Waals surface area contributed by atoms with Crippen LogP contribution in [-0.2, 0) is 9.59 Å².